The van der Waals surface area contributed by atoms with E-state index in [2.05, 4.69) is 9.97 Å². The van der Waals surface area contributed by atoms with Crippen molar-refractivity contribution >= 4 is 16.7 Å². The number of aromatic nitrogens is 2. The number of anilines is 1. The zero-order valence-electron chi connectivity index (χ0n) is 19.4. The molecule has 1 aromatic heterocycles. The fraction of sp³-hybridized carbons (Fsp3) is 0.391. The molecule has 1 saturated heterocycles. The molecule has 0 atom stereocenters. The number of nitrogens with zero attached hydrogens (tertiary/aromatic N) is 3. The van der Waals surface area contributed by atoms with Crippen molar-refractivity contribution in [3.8, 4) is 28.6 Å². The van der Waals surface area contributed by atoms with Crippen molar-refractivity contribution in [3.05, 3.63) is 35.4 Å². The molecule has 0 spiro atoms. The maximum absolute atomic E-state index is 13.5. The number of hydrogen-bond donors (Lipinski definition) is 0. The van der Waals surface area contributed by atoms with E-state index in [4.69, 9.17) is 18.9 Å². The van der Waals surface area contributed by atoms with Gasteiger partial charge in [0.15, 0.2) is 17.3 Å². The average Bonchev–Trinajstić information content (AvgIpc) is 2.85. The summed E-state index contributed by atoms with van der Waals surface area (Å²) in [6, 6.07) is 2.82. The normalized spacial score (nSPS) is 14.8. The Kier molecular flexibility index (Phi) is 6.78. The van der Waals surface area contributed by atoms with Crippen LogP contribution in [0.3, 0.4) is 0 Å². The van der Waals surface area contributed by atoms with Crippen LogP contribution in [0.2, 0.25) is 0 Å². The Labute approximate surface area is 201 Å². The number of halogens is 6. The number of alkyl halides is 6. The first-order valence-electron chi connectivity index (χ1n) is 10.6. The molecule has 0 aliphatic carbocycles. The van der Waals surface area contributed by atoms with Crippen LogP contribution in [0.5, 0.6) is 17.2 Å². The molecule has 1 aliphatic rings. The predicted octanol–water partition coefficient (Wildman–Crippen LogP) is 5.20. The highest BCUT2D eigenvalue weighted by Crippen LogP contribution is 2.46. The monoisotopic (exact) mass is 517 g/mol. The molecule has 3 aromatic rings. The molecule has 4 rings (SSSR count). The fourth-order valence-electron chi connectivity index (χ4n) is 3.94. The predicted molar refractivity (Wildman–Crippen MR) is 118 cm³/mol. The van der Waals surface area contributed by atoms with Crippen LogP contribution in [0.15, 0.2) is 24.3 Å². The van der Waals surface area contributed by atoms with Crippen molar-refractivity contribution in [2.75, 3.05) is 52.5 Å². The summed E-state index contributed by atoms with van der Waals surface area (Å²) < 4.78 is 103. The topological polar surface area (TPSA) is 65.9 Å². The third-order valence-corrected chi connectivity index (χ3v) is 5.63. The van der Waals surface area contributed by atoms with Gasteiger partial charge in [-0.2, -0.15) is 26.3 Å². The van der Waals surface area contributed by atoms with E-state index in [9.17, 15) is 26.3 Å². The van der Waals surface area contributed by atoms with Gasteiger partial charge in [-0.05, 0) is 24.3 Å². The van der Waals surface area contributed by atoms with Crippen molar-refractivity contribution in [1.82, 2.24) is 9.97 Å². The van der Waals surface area contributed by atoms with Crippen molar-refractivity contribution in [1.29, 1.82) is 0 Å². The number of rotatable bonds is 5. The Morgan fingerprint density at radius 2 is 1.36 bits per heavy atom. The van der Waals surface area contributed by atoms with Crippen LogP contribution < -0.4 is 19.1 Å². The van der Waals surface area contributed by atoms with Gasteiger partial charge in [0.25, 0.3) is 0 Å². The molecular weight excluding hydrogens is 496 g/mol. The second kappa shape index (κ2) is 9.52. The maximum atomic E-state index is 13.5. The van der Waals surface area contributed by atoms with E-state index < -0.39 is 29.0 Å². The Morgan fingerprint density at radius 3 is 1.86 bits per heavy atom. The summed E-state index contributed by atoms with van der Waals surface area (Å²) in [5.41, 5.74) is -3.26. The SMILES string of the molecule is COc1cc2c(N3CCOCC3)nc(-c3cc(C(F)(F)F)cc(C(F)(F)F)c3)nc2c(OC)c1OC. The second-order valence-corrected chi connectivity index (χ2v) is 7.81. The van der Waals surface area contributed by atoms with Gasteiger partial charge in [-0.25, -0.2) is 9.97 Å². The molecule has 7 nitrogen and oxygen atoms in total. The Hall–Kier alpha value is -3.48. The number of morpholine rings is 1. The summed E-state index contributed by atoms with van der Waals surface area (Å²) in [4.78, 5) is 10.6. The quantitative estimate of drug-likeness (QED) is 0.432. The van der Waals surface area contributed by atoms with Gasteiger partial charge in [-0.3, -0.25) is 0 Å². The smallest absolute Gasteiger partial charge is 0.416 e. The standard InChI is InChI=1S/C23H21F6N3O4/c1-33-16-11-15-17(19(35-3)18(16)34-2)30-20(31-21(15)32-4-6-36-7-5-32)12-8-13(22(24,25)26)10-14(9-12)23(27,28)29/h8-11H,4-7H2,1-3H3. The van der Waals surface area contributed by atoms with Crippen LogP contribution in [-0.2, 0) is 17.1 Å². The zero-order valence-corrected chi connectivity index (χ0v) is 19.4. The van der Waals surface area contributed by atoms with Crippen LogP contribution >= 0.6 is 0 Å². The van der Waals surface area contributed by atoms with Gasteiger partial charge in [0.2, 0.25) is 5.75 Å². The van der Waals surface area contributed by atoms with E-state index in [1.165, 1.54) is 21.3 Å². The lowest BCUT2D eigenvalue weighted by atomic mass is 10.0. The van der Waals surface area contributed by atoms with Gasteiger partial charge in [0, 0.05) is 18.7 Å². The summed E-state index contributed by atoms with van der Waals surface area (Å²) >= 11 is 0. The van der Waals surface area contributed by atoms with Gasteiger partial charge < -0.3 is 23.8 Å². The first kappa shape index (κ1) is 25.6. The van der Waals surface area contributed by atoms with Crippen LogP contribution in [0.4, 0.5) is 32.2 Å². The van der Waals surface area contributed by atoms with Gasteiger partial charge in [0.1, 0.15) is 11.3 Å². The molecule has 0 unspecified atom stereocenters. The molecule has 36 heavy (non-hydrogen) atoms. The first-order valence-corrected chi connectivity index (χ1v) is 10.6. The molecule has 1 fully saturated rings. The summed E-state index contributed by atoms with van der Waals surface area (Å²) in [6.45, 7) is 1.48. The summed E-state index contributed by atoms with van der Waals surface area (Å²) in [5, 5.41) is 0.415. The number of hydrogen-bond acceptors (Lipinski definition) is 7. The molecule has 2 aromatic carbocycles. The van der Waals surface area contributed by atoms with E-state index in [0.717, 1.165) is 0 Å². The molecule has 194 valence electrons. The molecule has 0 bridgehead atoms. The zero-order chi connectivity index (χ0) is 26.3. The van der Waals surface area contributed by atoms with Crippen molar-refractivity contribution < 1.29 is 45.3 Å². The molecular formula is C23H21F6N3O4. The lowest BCUT2D eigenvalue weighted by Gasteiger charge is -2.29. The highest BCUT2D eigenvalue weighted by atomic mass is 19.4. The van der Waals surface area contributed by atoms with E-state index in [0.29, 0.717) is 43.8 Å². The highest BCUT2D eigenvalue weighted by molar-refractivity contribution is 5.98. The molecule has 0 N–H and O–H groups in total. The summed E-state index contributed by atoms with van der Waals surface area (Å²) in [5.74, 6) is 0.471. The van der Waals surface area contributed by atoms with Crippen LogP contribution in [0.25, 0.3) is 22.3 Å². The third-order valence-electron chi connectivity index (χ3n) is 5.63. The third kappa shape index (κ3) is 4.79. The number of fused-ring (bicyclic) bond motifs is 1. The van der Waals surface area contributed by atoms with Gasteiger partial charge in [-0.15, -0.1) is 0 Å². The van der Waals surface area contributed by atoms with Crippen LogP contribution in [0.1, 0.15) is 11.1 Å². The summed E-state index contributed by atoms with van der Waals surface area (Å²) in [7, 11) is 4.10. The largest absolute Gasteiger partial charge is 0.493 e. The Morgan fingerprint density at radius 1 is 0.778 bits per heavy atom. The molecule has 0 amide bonds. The minimum atomic E-state index is -5.02. The molecule has 1 aliphatic heterocycles. The molecule has 13 heteroatoms. The van der Waals surface area contributed by atoms with E-state index >= 15 is 0 Å². The van der Waals surface area contributed by atoms with Crippen molar-refractivity contribution in [2.24, 2.45) is 0 Å². The highest BCUT2D eigenvalue weighted by Gasteiger charge is 2.37. The van der Waals surface area contributed by atoms with E-state index in [1.54, 1.807) is 11.0 Å². The lowest BCUT2D eigenvalue weighted by molar-refractivity contribution is -0.143. The van der Waals surface area contributed by atoms with Gasteiger partial charge in [-0.1, -0.05) is 0 Å². The number of ether oxygens (including phenoxy) is 4. The molecule has 0 radical (unpaired) electrons. The van der Waals surface area contributed by atoms with Gasteiger partial charge >= 0.3 is 12.4 Å². The first-order chi connectivity index (χ1) is 17.0. The number of benzene rings is 2. The van der Waals surface area contributed by atoms with Crippen molar-refractivity contribution in [3.63, 3.8) is 0 Å². The van der Waals surface area contributed by atoms with Crippen LogP contribution in [-0.4, -0.2) is 57.6 Å². The minimum absolute atomic E-state index is 0.0574. The van der Waals surface area contributed by atoms with E-state index in [1.807, 2.05) is 0 Å². The fourth-order valence-corrected chi connectivity index (χ4v) is 3.94. The van der Waals surface area contributed by atoms with Gasteiger partial charge in [0.05, 0.1) is 51.1 Å². The average molecular weight is 517 g/mol. The maximum Gasteiger partial charge on any atom is 0.416 e. The Bertz CT molecular complexity index is 1240. The van der Waals surface area contributed by atoms with E-state index in [-0.39, 0.29) is 40.5 Å². The lowest BCUT2D eigenvalue weighted by Crippen LogP contribution is -2.37. The van der Waals surface area contributed by atoms with Crippen LogP contribution in [0, 0.1) is 0 Å². The summed E-state index contributed by atoms with van der Waals surface area (Å²) in [6.07, 6.45) is -10.0. The molecule has 2 heterocycles. The van der Waals surface area contributed by atoms with Crippen molar-refractivity contribution in [2.45, 2.75) is 12.4 Å². The minimum Gasteiger partial charge on any atom is -0.493 e. The molecule has 0 saturated carbocycles. The second-order valence-electron chi connectivity index (χ2n) is 7.81. The Balaban J connectivity index is 2.07. The number of methoxy groups -OCH3 is 3.